The van der Waals surface area contributed by atoms with Crippen molar-refractivity contribution in [1.29, 1.82) is 0 Å². The second-order valence-corrected chi connectivity index (χ2v) is 3.62. The number of nitrogens with zero attached hydrogens (tertiary/aromatic N) is 1. The lowest BCUT2D eigenvalue weighted by Gasteiger charge is -2.33. The van der Waals surface area contributed by atoms with Gasteiger partial charge in [0.25, 0.3) is 5.91 Å². The molecule has 0 aliphatic carbocycles. The minimum atomic E-state index is -0.154. The molecule has 1 aliphatic rings. The Kier molecular flexibility index (Phi) is 4.48. The summed E-state index contributed by atoms with van der Waals surface area (Å²) >= 11 is 0. The third kappa shape index (κ3) is 2.74. The molecule has 3 heteroatoms. The summed E-state index contributed by atoms with van der Waals surface area (Å²) in [5.41, 5.74) is 0. The lowest BCUT2D eigenvalue weighted by Crippen LogP contribution is -2.46. The molecule has 1 heterocycles. The highest BCUT2D eigenvalue weighted by Crippen LogP contribution is 2.12. The van der Waals surface area contributed by atoms with Crippen LogP contribution in [0.25, 0.3) is 0 Å². The summed E-state index contributed by atoms with van der Waals surface area (Å²) in [6.45, 7) is 4.83. The molecule has 1 amide bonds. The number of amides is 1. The topological polar surface area (TPSA) is 32.3 Å². The number of rotatable bonds is 3. The van der Waals surface area contributed by atoms with Crippen LogP contribution in [-0.4, -0.2) is 36.5 Å². The number of piperidine rings is 1. The number of carbonyl (C=O) groups excluding carboxylic acids is 1. The van der Waals surface area contributed by atoms with Crippen LogP contribution >= 0.6 is 0 Å². The van der Waals surface area contributed by atoms with Gasteiger partial charge in [-0.05, 0) is 38.3 Å². The van der Waals surface area contributed by atoms with Crippen LogP contribution < -0.4 is 5.32 Å². The van der Waals surface area contributed by atoms with Crippen molar-refractivity contribution in [3.8, 4) is 12.3 Å². The van der Waals surface area contributed by atoms with Gasteiger partial charge in [-0.15, -0.1) is 6.42 Å². The summed E-state index contributed by atoms with van der Waals surface area (Å²) in [6, 6.07) is 0.347. The third-order valence-electron chi connectivity index (χ3n) is 2.60. The Morgan fingerprint density at radius 1 is 1.57 bits per heavy atom. The zero-order chi connectivity index (χ0) is 10.4. The second-order valence-electron chi connectivity index (χ2n) is 3.62. The van der Waals surface area contributed by atoms with Crippen LogP contribution in [0.5, 0.6) is 0 Å². The van der Waals surface area contributed by atoms with Crippen LogP contribution in [0.2, 0.25) is 0 Å². The van der Waals surface area contributed by atoms with E-state index in [2.05, 4.69) is 18.2 Å². The minimum Gasteiger partial charge on any atom is -0.329 e. The number of hydrogen-bond donors (Lipinski definition) is 1. The summed E-state index contributed by atoms with van der Waals surface area (Å²) < 4.78 is 0. The predicted molar refractivity (Wildman–Crippen MR) is 56.7 cm³/mol. The lowest BCUT2D eigenvalue weighted by atomic mass is 10.0. The highest BCUT2D eigenvalue weighted by atomic mass is 16.2. The zero-order valence-corrected chi connectivity index (χ0v) is 8.75. The monoisotopic (exact) mass is 194 g/mol. The van der Waals surface area contributed by atoms with Gasteiger partial charge in [-0.3, -0.25) is 4.79 Å². The SMILES string of the molecule is C#CC(=O)N(CCC)C1CCNCC1. The van der Waals surface area contributed by atoms with Crippen molar-refractivity contribution in [2.45, 2.75) is 32.2 Å². The Bertz CT molecular complexity index is 226. The van der Waals surface area contributed by atoms with Crippen LogP contribution in [0.4, 0.5) is 0 Å². The molecule has 1 aliphatic heterocycles. The first-order valence-electron chi connectivity index (χ1n) is 5.27. The van der Waals surface area contributed by atoms with Gasteiger partial charge >= 0.3 is 0 Å². The third-order valence-corrected chi connectivity index (χ3v) is 2.60. The molecule has 1 rings (SSSR count). The van der Waals surface area contributed by atoms with Gasteiger partial charge in [0.1, 0.15) is 0 Å². The number of hydrogen-bond acceptors (Lipinski definition) is 2. The molecular weight excluding hydrogens is 176 g/mol. The normalized spacial score (nSPS) is 17.4. The van der Waals surface area contributed by atoms with Crippen LogP contribution in [0, 0.1) is 12.3 Å². The summed E-state index contributed by atoms with van der Waals surface area (Å²) in [5.74, 6) is 2.06. The first-order chi connectivity index (χ1) is 6.79. The van der Waals surface area contributed by atoms with Crippen LogP contribution in [0.3, 0.4) is 0 Å². The van der Waals surface area contributed by atoms with Crippen LogP contribution in [0.15, 0.2) is 0 Å². The maximum absolute atomic E-state index is 11.5. The molecule has 78 valence electrons. The van der Waals surface area contributed by atoms with Gasteiger partial charge in [0, 0.05) is 12.6 Å². The van der Waals surface area contributed by atoms with Crippen LogP contribution in [0.1, 0.15) is 26.2 Å². The summed E-state index contributed by atoms with van der Waals surface area (Å²) in [5, 5.41) is 3.28. The average molecular weight is 194 g/mol. The van der Waals surface area contributed by atoms with E-state index in [0.29, 0.717) is 6.04 Å². The molecule has 0 aromatic rings. The van der Waals surface area contributed by atoms with Crippen molar-refractivity contribution in [3.05, 3.63) is 0 Å². The standard InChI is InChI=1S/C11H18N2O/c1-3-9-13(11(14)4-2)10-5-7-12-8-6-10/h2,10,12H,3,5-9H2,1H3. The molecule has 1 saturated heterocycles. The molecular formula is C11H18N2O. The van der Waals surface area contributed by atoms with E-state index in [1.54, 1.807) is 0 Å². The average Bonchev–Trinajstić information content (AvgIpc) is 2.26. The van der Waals surface area contributed by atoms with Gasteiger partial charge < -0.3 is 10.2 Å². The molecule has 0 atom stereocenters. The molecule has 0 unspecified atom stereocenters. The Balaban J connectivity index is 2.56. The fraction of sp³-hybridized carbons (Fsp3) is 0.727. The molecule has 0 aromatic carbocycles. The van der Waals surface area contributed by atoms with E-state index < -0.39 is 0 Å². The fourth-order valence-electron chi connectivity index (χ4n) is 1.89. The van der Waals surface area contributed by atoms with E-state index in [0.717, 1.165) is 38.9 Å². The van der Waals surface area contributed by atoms with Crippen molar-refractivity contribution in [3.63, 3.8) is 0 Å². The van der Waals surface area contributed by atoms with Gasteiger partial charge in [0.2, 0.25) is 0 Å². The predicted octanol–water partition coefficient (Wildman–Crippen LogP) is 0.610. The second kappa shape index (κ2) is 5.66. The molecule has 0 spiro atoms. The van der Waals surface area contributed by atoms with Gasteiger partial charge in [0.05, 0.1) is 0 Å². The van der Waals surface area contributed by atoms with E-state index in [-0.39, 0.29) is 5.91 Å². The lowest BCUT2D eigenvalue weighted by molar-refractivity contribution is -0.127. The molecule has 0 saturated carbocycles. The van der Waals surface area contributed by atoms with Gasteiger partial charge in [-0.1, -0.05) is 6.92 Å². The van der Waals surface area contributed by atoms with Gasteiger partial charge in [-0.25, -0.2) is 0 Å². The maximum atomic E-state index is 11.5. The maximum Gasteiger partial charge on any atom is 0.298 e. The first-order valence-corrected chi connectivity index (χ1v) is 5.27. The van der Waals surface area contributed by atoms with Crippen molar-refractivity contribution >= 4 is 5.91 Å². The van der Waals surface area contributed by atoms with Gasteiger partial charge in [0.15, 0.2) is 0 Å². The highest BCUT2D eigenvalue weighted by molar-refractivity contribution is 5.93. The quantitative estimate of drug-likeness (QED) is 0.668. The number of nitrogens with one attached hydrogen (secondary N) is 1. The van der Waals surface area contributed by atoms with E-state index in [1.165, 1.54) is 0 Å². The molecule has 1 N–H and O–H groups in total. The molecule has 14 heavy (non-hydrogen) atoms. The molecule has 0 aromatic heterocycles. The Labute approximate surface area is 85.9 Å². The molecule has 1 fully saturated rings. The van der Waals surface area contributed by atoms with Crippen molar-refractivity contribution in [2.75, 3.05) is 19.6 Å². The van der Waals surface area contributed by atoms with Crippen molar-refractivity contribution in [1.82, 2.24) is 10.2 Å². The van der Waals surface area contributed by atoms with E-state index in [9.17, 15) is 4.79 Å². The van der Waals surface area contributed by atoms with Crippen molar-refractivity contribution < 1.29 is 4.79 Å². The van der Waals surface area contributed by atoms with Crippen LogP contribution in [-0.2, 0) is 4.79 Å². The van der Waals surface area contributed by atoms with Crippen molar-refractivity contribution in [2.24, 2.45) is 0 Å². The van der Waals surface area contributed by atoms with E-state index >= 15 is 0 Å². The molecule has 0 radical (unpaired) electrons. The molecule has 0 bridgehead atoms. The minimum absolute atomic E-state index is 0.154. The summed E-state index contributed by atoms with van der Waals surface area (Å²) in [7, 11) is 0. The fourth-order valence-corrected chi connectivity index (χ4v) is 1.89. The summed E-state index contributed by atoms with van der Waals surface area (Å²) in [4.78, 5) is 13.3. The van der Waals surface area contributed by atoms with E-state index in [1.807, 2.05) is 4.90 Å². The molecule has 3 nitrogen and oxygen atoms in total. The van der Waals surface area contributed by atoms with Gasteiger partial charge in [-0.2, -0.15) is 0 Å². The Morgan fingerprint density at radius 2 is 2.21 bits per heavy atom. The van der Waals surface area contributed by atoms with E-state index in [4.69, 9.17) is 6.42 Å². The smallest absolute Gasteiger partial charge is 0.298 e. The number of carbonyl (C=O) groups is 1. The first kappa shape index (κ1) is 11.1. The number of terminal acetylenes is 1. The largest absolute Gasteiger partial charge is 0.329 e. The Morgan fingerprint density at radius 3 is 2.71 bits per heavy atom. The highest BCUT2D eigenvalue weighted by Gasteiger charge is 2.23. The summed E-state index contributed by atoms with van der Waals surface area (Å²) in [6.07, 6.45) is 8.17. The Hall–Kier alpha value is -1.01. The zero-order valence-electron chi connectivity index (χ0n) is 8.75.